The third-order valence-corrected chi connectivity index (χ3v) is 3.82. The second kappa shape index (κ2) is 5.09. The summed E-state index contributed by atoms with van der Waals surface area (Å²) in [5, 5.41) is 0. The summed E-state index contributed by atoms with van der Waals surface area (Å²) in [5.74, 6) is 0. The van der Waals surface area contributed by atoms with Crippen LogP contribution < -0.4 is 15.5 Å². The lowest BCUT2D eigenvalue weighted by Crippen LogP contribution is -2.37. The minimum absolute atomic E-state index is 0.402. The monoisotopic (exact) mass is 284 g/mol. The standard InChI is InChI=1S/C15H16N4S/c1-18-8-9-19(13-5-3-2-4-12(13)18)14-10-17-7-6-11(14)15(16)20/h2-7,10H,8-9H2,1H3,(H2,16,20). The zero-order valence-corrected chi connectivity index (χ0v) is 12.1. The molecule has 0 amide bonds. The van der Waals surface area contributed by atoms with Gasteiger partial charge in [-0.1, -0.05) is 24.4 Å². The molecule has 0 spiro atoms. The molecule has 2 heterocycles. The first-order chi connectivity index (χ1) is 9.68. The van der Waals surface area contributed by atoms with Crippen molar-refractivity contribution in [1.82, 2.24) is 4.98 Å². The molecule has 0 saturated heterocycles. The molecule has 0 unspecified atom stereocenters. The van der Waals surface area contributed by atoms with Gasteiger partial charge in [0.2, 0.25) is 0 Å². The molecule has 2 N–H and O–H groups in total. The molecule has 2 aromatic rings. The zero-order valence-electron chi connectivity index (χ0n) is 11.3. The van der Waals surface area contributed by atoms with Crippen LogP contribution in [0.3, 0.4) is 0 Å². The number of aromatic nitrogens is 1. The molecule has 0 saturated carbocycles. The molecule has 1 aliphatic rings. The Balaban J connectivity index is 2.13. The van der Waals surface area contributed by atoms with Crippen LogP contribution in [-0.2, 0) is 0 Å². The van der Waals surface area contributed by atoms with Gasteiger partial charge < -0.3 is 15.5 Å². The third kappa shape index (κ3) is 2.10. The Morgan fingerprint density at radius 3 is 2.65 bits per heavy atom. The maximum atomic E-state index is 5.84. The highest BCUT2D eigenvalue weighted by Crippen LogP contribution is 2.37. The van der Waals surface area contributed by atoms with E-state index in [1.165, 1.54) is 5.69 Å². The number of para-hydroxylation sites is 2. The van der Waals surface area contributed by atoms with Crippen LogP contribution in [0.5, 0.6) is 0 Å². The van der Waals surface area contributed by atoms with Gasteiger partial charge in [-0.25, -0.2) is 0 Å². The van der Waals surface area contributed by atoms with Gasteiger partial charge in [-0.05, 0) is 18.2 Å². The smallest absolute Gasteiger partial charge is 0.106 e. The van der Waals surface area contributed by atoms with Crippen molar-refractivity contribution < 1.29 is 0 Å². The predicted molar refractivity (Wildman–Crippen MR) is 86.8 cm³/mol. The largest absolute Gasteiger partial charge is 0.389 e. The highest BCUT2D eigenvalue weighted by atomic mass is 32.1. The van der Waals surface area contributed by atoms with Crippen LogP contribution in [0.2, 0.25) is 0 Å². The fraction of sp³-hybridized carbons (Fsp3) is 0.200. The minimum Gasteiger partial charge on any atom is -0.389 e. The van der Waals surface area contributed by atoms with Crippen molar-refractivity contribution in [2.75, 3.05) is 29.9 Å². The molecule has 102 valence electrons. The lowest BCUT2D eigenvalue weighted by molar-refractivity contribution is 0.820. The third-order valence-electron chi connectivity index (χ3n) is 3.60. The van der Waals surface area contributed by atoms with E-state index < -0.39 is 0 Å². The van der Waals surface area contributed by atoms with Crippen LogP contribution in [0.4, 0.5) is 17.1 Å². The van der Waals surface area contributed by atoms with E-state index in [0.29, 0.717) is 4.99 Å². The predicted octanol–water partition coefficient (Wildman–Crippen LogP) is 2.30. The van der Waals surface area contributed by atoms with Crippen LogP contribution in [0, 0.1) is 0 Å². The summed E-state index contributed by atoms with van der Waals surface area (Å²) in [6.45, 7) is 1.83. The number of nitrogens with two attached hydrogens (primary N) is 1. The second-order valence-corrected chi connectivity index (χ2v) is 5.26. The normalized spacial score (nSPS) is 14.1. The quantitative estimate of drug-likeness (QED) is 0.857. The molecule has 1 aromatic carbocycles. The first kappa shape index (κ1) is 12.9. The Morgan fingerprint density at radius 2 is 1.90 bits per heavy atom. The van der Waals surface area contributed by atoms with Crippen LogP contribution >= 0.6 is 12.2 Å². The van der Waals surface area contributed by atoms with E-state index in [1.54, 1.807) is 6.20 Å². The minimum atomic E-state index is 0.402. The van der Waals surface area contributed by atoms with Gasteiger partial charge in [-0.2, -0.15) is 0 Å². The average Bonchev–Trinajstić information content (AvgIpc) is 2.48. The molecule has 3 rings (SSSR count). The van der Waals surface area contributed by atoms with Crippen LogP contribution in [0.25, 0.3) is 0 Å². The van der Waals surface area contributed by atoms with Gasteiger partial charge in [0.25, 0.3) is 0 Å². The van der Waals surface area contributed by atoms with Gasteiger partial charge in [-0.15, -0.1) is 0 Å². The number of hydrogen-bond acceptors (Lipinski definition) is 4. The molecule has 0 atom stereocenters. The maximum absolute atomic E-state index is 5.84. The van der Waals surface area contributed by atoms with E-state index in [0.717, 1.165) is 30.0 Å². The fourth-order valence-electron chi connectivity index (χ4n) is 2.57. The summed E-state index contributed by atoms with van der Waals surface area (Å²) in [5.41, 5.74) is 10.0. The first-order valence-electron chi connectivity index (χ1n) is 6.50. The number of anilines is 3. The van der Waals surface area contributed by atoms with Gasteiger partial charge in [-0.3, -0.25) is 4.98 Å². The lowest BCUT2D eigenvalue weighted by atomic mass is 10.1. The molecule has 20 heavy (non-hydrogen) atoms. The highest BCUT2D eigenvalue weighted by molar-refractivity contribution is 7.80. The summed E-state index contributed by atoms with van der Waals surface area (Å²) < 4.78 is 0. The van der Waals surface area contributed by atoms with Gasteiger partial charge >= 0.3 is 0 Å². The number of fused-ring (bicyclic) bond motifs is 1. The van der Waals surface area contributed by atoms with Crippen molar-refractivity contribution >= 4 is 34.3 Å². The fourth-order valence-corrected chi connectivity index (χ4v) is 2.74. The highest BCUT2D eigenvalue weighted by Gasteiger charge is 2.23. The molecule has 4 nitrogen and oxygen atoms in total. The molecule has 1 aliphatic heterocycles. The Morgan fingerprint density at radius 1 is 1.15 bits per heavy atom. The number of nitrogens with zero attached hydrogens (tertiary/aromatic N) is 3. The molecule has 0 fully saturated rings. The van der Waals surface area contributed by atoms with E-state index in [-0.39, 0.29) is 0 Å². The molecule has 1 aromatic heterocycles. The number of benzene rings is 1. The molecular weight excluding hydrogens is 268 g/mol. The second-order valence-electron chi connectivity index (χ2n) is 4.82. The average molecular weight is 284 g/mol. The molecule has 0 radical (unpaired) electrons. The van der Waals surface area contributed by atoms with Crippen molar-refractivity contribution in [3.05, 3.63) is 48.3 Å². The lowest BCUT2D eigenvalue weighted by Gasteiger charge is -2.37. The van der Waals surface area contributed by atoms with E-state index >= 15 is 0 Å². The molecule has 0 aliphatic carbocycles. The molecular formula is C15H16N4S. The van der Waals surface area contributed by atoms with E-state index in [9.17, 15) is 0 Å². The van der Waals surface area contributed by atoms with Crippen molar-refractivity contribution in [2.45, 2.75) is 0 Å². The van der Waals surface area contributed by atoms with Crippen molar-refractivity contribution in [1.29, 1.82) is 0 Å². The van der Waals surface area contributed by atoms with Crippen molar-refractivity contribution in [3.63, 3.8) is 0 Å². The van der Waals surface area contributed by atoms with Gasteiger partial charge in [0.15, 0.2) is 0 Å². The topological polar surface area (TPSA) is 45.4 Å². The van der Waals surface area contributed by atoms with Crippen LogP contribution in [-0.4, -0.2) is 30.1 Å². The molecule has 0 bridgehead atoms. The van der Waals surface area contributed by atoms with Crippen molar-refractivity contribution in [3.8, 4) is 0 Å². The summed E-state index contributed by atoms with van der Waals surface area (Å²) in [7, 11) is 2.11. The summed E-state index contributed by atoms with van der Waals surface area (Å²) in [4.78, 5) is 9.11. The number of pyridine rings is 1. The number of hydrogen-bond donors (Lipinski definition) is 1. The van der Waals surface area contributed by atoms with Crippen LogP contribution in [0.15, 0.2) is 42.7 Å². The van der Waals surface area contributed by atoms with Gasteiger partial charge in [0.05, 0.1) is 23.3 Å². The number of thiocarbonyl (C=S) groups is 1. The number of likely N-dealkylation sites (N-methyl/N-ethyl adjacent to an activating group) is 1. The Hall–Kier alpha value is -2.14. The van der Waals surface area contributed by atoms with Crippen LogP contribution in [0.1, 0.15) is 5.56 Å². The Bertz CT molecular complexity index is 656. The van der Waals surface area contributed by atoms with E-state index in [2.05, 4.69) is 40.0 Å². The van der Waals surface area contributed by atoms with E-state index in [1.807, 2.05) is 18.3 Å². The maximum Gasteiger partial charge on any atom is 0.106 e. The SMILES string of the molecule is CN1CCN(c2cnccc2C(N)=S)c2ccccc21. The van der Waals surface area contributed by atoms with Gasteiger partial charge in [0, 0.05) is 31.9 Å². The van der Waals surface area contributed by atoms with Gasteiger partial charge in [0.1, 0.15) is 4.99 Å². The Labute approximate surface area is 123 Å². The number of rotatable bonds is 2. The zero-order chi connectivity index (χ0) is 14.1. The Kier molecular flexibility index (Phi) is 3.28. The summed E-state index contributed by atoms with van der Waals surface area (Å²) in [6, 6.07) is 10.2. The summed E-state index contributed by atoms with van der Waals surface area (Å²) >= 11 is 5.15. The summed E-state index contributed by atoms with van der Waals surface area (Å²) in [6.07, 6.45) is 3.55. The first-order valence-corrected chi connectivity index (χ1v) is 6.91. The molecule has 5 heteroatoms. The van der Waals surface area contributed by atoms with Crippen molar-refractivity contribution in [2.24, 2.45) is 5.73 Å². The van der Waals surface area contributed by atoms with E-state index in [4.69, 9.17) is 18.0 Å².